The van der Waals surface area contributed by atoms with E-state index in [0.717, 1.165) is 19.5 Å². The minimum atomic E-state index is 0.654. The number of hydrogen-bond donors (Lipinski definition) is 1. The first kappa shape index (κ1) is 12.7. The van der Waals surface area contributed by atoms with E-state index in [4.69, 9.17) is 0 Å². The average molecular weight is 274 g/mol. The Kier molecular flexibility index (Phi) is 5.95. The molecule has 3 nitrogen and oxygen atoms in total. The molecule has 0 radical (unpaired) electrons. The van der Waals surface area contributed by atoms with Crippen molar-refractivity contribution < 1.29 is 0 Å². The molecule has 0 aliphatic rings. The zero-order valence-electron chi connectivity index (χ0n) is 9.54. The molecule has 0 aromatic carbocycles. The Balaban J connectivity index is 2.05. The number of nitrogens with zero attached hydrogens (tertiary/aromatic N) is 2. The van der Waals surface area contributed by atoms with Crippen LogP contribution in [0.1, 0.15) is 25.5 Å². The minimum Gasteiger partial charge on any atom is -0.316 e. The lowest BCUT2D eigenvalue weighted by molar-refractivity contribution is 0.611. The molecule has 0 aliphatic heterocycles. The highest BCUT2D eigenvalue weighted by atomic mass is 79.9. The summed E-state index contributed by atoms with van der Waals surface area (Å²) in [6.45, 7) is 4.32. The highest BCUT2D eigenvalue weighted by Crippen LogP contribution is 2.07. The van der Waals surface area contributed by atoms with Crippen LogP contribution in [0.5, 0.6) is 0 Å². The fraction of sp³-hybridized carbons (Fsp3) is 0.727. The van der Waals surface area contributed by atoms with Crippen molar-refractivity contribution in [3.8, 4) is 0 Å². The summed E-state index contributed by atoms with van der Waals surface area (Å²) >= 11 is 3.63. The highest BCUT2D eigenvalue weighted by Gasteiger charge is 2.00. The quantitative estimate of drug-likeness (QED) is 0.609. The van der Waals surface area contributed by atoms with E-state index in [-0.39, 0.29) is 0 Å². The van der Waals surface area contributed by atoms with E-state index >= 15 is 0 Å². The Morgan fingerprint density at radius 3 is 2.93 bits per heavy atom. The van der Waals surface area contributed by atoms with Crippen LogP contribution in [0.3, 0.4) is 0 Å². The molecule has 1 aromatic rings. The molecular formula is C11H20BrN3. The number of aromatic nitrogens is 2. The molecule has 4 heteroatoms. The Bertz CT molecular complexity index is 273. The first-order valence-corrected chi connectivity index (χ1v) is 6.47. The van der Waals surface area contributed by atoms with Crippen molar-refractivity contribution in [2.24, 2.45) is 7.05 Å². The van der Waals surface area contributed by atoms with Crippen LogP contribution in [-0.4, -0.2) is 27.7 Å². The largest absolute Gasteiger partial charge is 0.316 e. The van der Waals surface area contributed by atoms with Gasteiger partial charge in [-0.15, -0.1) is 0 Å². The van der Waals surface area contributed by atoms with E-state index in [9.17, 15) is 0 Å². The summed E-state index contributed by atoms with van der Waals surface area (Å²) in [6.07, 6.45) is 5.29. The van der Waals surface area contributed by atoms with Gasteiger partial charge in [-0.3, -0.25) is 4.68 Å². The minimum absolute atomic E-state index is 0.654. The van der Waals surface area contributed by atoms with Gasteiger partial charge in [-0.1, -0.05) is 22.9 Å². The van der Waals surface area contributed by atoms with Gasteiger partial charge in [0.05, 0.1) is 0 Å². The van der Waals surface area contributed by atoms with Gasteiger partial charge in [0.1, 0.15) is 0 Å². The monoisotopic (exact) mass is 273 g/mol. The van der Waals surface area contributed by atoms with Crippen molar-refractivity contribution in [2.75, 3.05) is 13.1 Å². The molecule has 0 amide bonds. The third-order valence-electron chi connectivity index (χ3n) is 2.56. The Hall–Kier alpha value is -0.350. The van der Waals surface area contributed by atoms with Gasteiger partial charge in [-0.2, -0.15) is 5.10 Å². The topological polar surface area (TPSA) is 29.9 Å². The van der Waals surface area contributed by atoms with Gasteiger partial charge in [0, 0.05) is 36.7 Å². The van der Waals surface area contributed by atoms with Crippen molar-refractivity contribution in [1.29, 1.82) is 0 Å². The number of rotatable bonds is 7. The summed E-state index contributed by atoms with van der Waals surface area (Å²) in [4.78, 5) is 0.654. The summed E-state index contributed by atoms with van der Waals surface area (Å²) in [5.41, 5.74) is 1.29. The molecule has 0 spiro atoms. The van der Waals surface area contributed by atoms with Crippen molar-refractivity contribution in [3.05, 3.63) is 18.0 Å². The summed E-state index contributed by atoms with van der Waals surface area (Å²) in [5.74, 6) is 0. The van der Waals surface area contributed by atoms with E-state index in [1.807, 2.05) is 17.9 Å². The molecule has 1 unspecified atom stereocenters. The van der Waals surface area contributed by atoms with Crippen molar-refractivity contribution in [2.45, 2.75) is 31.0 Å². The summed E-state index contributed by atoms with van der Waals surface area (Å²) < 4.78 is 1.93. The molecule has 1 aromatic heterocycles. The third-order valence-corrected chi connectivity index (χ3v) is 3.66. The fourth-order valence-electron chi connectivity index (χ4n) is 1.45. The second-order valence-electron chi connectivity index (χ2n) is 3.74. The van der Waals surface area contributed by atoms with Crippen molar-refractivity contribution >= 4 is 15.9 Å². The predicted molar refractivity (Wildman–Crippen MR) is 67.4 cm³/mol. The molecule has 0 fully saturated rings. The maximum absolute atomic E-state index is 4.14. The normalized spacial score (nSPS) is 13.0. The average Bonchev–Trinajstić information content (AvgIpc) is 2.63. The summed E-state index contributed by atoms with van der Waals surface area (Å²) in [6, 6.07) is 2.07. The molecule has 1 N–H and O–H groups in total. The van der Waals surface area contributed by atoms with Gasteiger partial charge >= 0.3 is 0 Å². The third kappa shape index (κ3) is 4.80. The van der Waals surface area contributed by atoms with Crippen LogP contribution in [0.4, 0.5) is 0 Å². The van der Waals surface area contributed by atoms with Crippen LogP contribution in [0.15, 0.2) is 12.3 Å². The van der Waals surface area contributed by atoms with Gasteiger partial charge in [0.2, 0.25) is 0 Å². The van der Waals surface area contributed by atoms with Crippen LogP contribution >= 0.6 is 15.9 Å². The van der Waals surface area contributed by atoms with Gasteiger partial charge in [0.25, 0.3) is 0 Å². The van der Waals surface area contributed by atoms with Crippen LogP contribution in [0.25, 0.3) is 0 Å². The van der Waals surface area contributed by atoms with Gasteiger partial charge in [-0.25, -0.2) is 0 Å². The van der Waals surface area contributed by atoms with Gasteiger partial charge < -0.3 is 5.32 Å². The SMILES string of the molecule is CCC(Br)CCNCCc1ccnn1C. The number of hydrogen-bond acceptors (Lipinski definition) is 2. The van der Waals surface area contributed by atoms with Crippen LogP contribution in [-0.2, 0) is 13.5 Å². The molecule has 1 atom stereocenters. The zero-order valence-corrected chi connectivity index (χ0v) is 11.1. The van der Waals surface area contributed by atoms with Crippen molar-refractivity contribution in [3.63, 3.8) is 0 Å². The maximum atomic E-state index is 4.14. The lowest BCUT2D eigenvalue weighted by atomic mass is 10.2. The second-order valence-corrected chi connectivity index (χ2v) is 5.04. The highest BCUT2D eigenvalue weighted by molar-refractivity contribution is 9.09. The maximum Gasteiger partial charge on any atom is 0.0492 e. The molecular weight excluding hydrogens is 254 g/mol. The Morgan fingerprint density at radius 2 is 2.33 bits per heavy atom. The Morgan fingerprint density at radius 1 is 1.53 bits per heavy atom. The van der Waals surface area contributed by atoms with E-state index in [1.165, 1.54) is 18.5 Å². The smallest absolute Gasteiger partial charge is 0.0492 e. The van der Waals surface area contributed by atoms with E-state index < -0.39 is 0 Å². The van der Waals surface area contributed by atoms with E-state index in [1.54, 1.807) is 0 Å². The van der Waals surface area contributed by atoms with Gasteiger partial charge in [-0.05, 0) is 25.5 Å². The predicted octanol–water partition coefficient (Wildman–Crippen LogP) is 2.12. The summed E-state index contributed by atoms with van der Waals surface area (Å²) in [5, 5.41) is 7.58. The lowest BCUT2D eigenvalue weighted by Crippen LogP contribution is -2.21. The number of nitrogens with one attached hydrogen (secondary N) is 1. The number of halogens is 1. The second kappa shape index (κ2) is 7.01. The molecule has 0 aliphatic carbocycles. The van der Waals surface area contributed by atoms with Crippen molar-refractivity contribution in [1.82, 2.24) is 15.1 Å². The summed E-state index contributed by atoms with van der Waals surface area (Å²) in [7, 11) is 1.99. The number of alkyl halides is 1. The fourth-order valence-corrected chi connectivity index (χ4v) is 1.68. The molecule has 0 bridgehead atoms. The molecule has 0 saturated carbocycles. The van der Waals surface area contributed by atoms with E-state index in [0.29, 0.717) is 4.83 Å². The van der Waals surface area contributed by atoms with Crippen LogP contribution in [0, 0.1) is 0 Å². The number of aryl methyl sites for hydroxylation is 1. The zero-order chi connectivity index (χ0) is 11.1. The van der Waals surface area contributed by atoms with E-state index in [2.05, 4.69) is 39.3 Å². The molecule has 15 heavy (non-hydrogen) atoms. The molecule has 1 rings (SSSR count). The van der Waals surface area contributed by atoms with Crippen LogP contribution < -0.4 is 5.32 Å². The first-order valence-electron chi connectivity index (χ1n) is 5.55. The van der Waals surface area contributed by atoms with Crippen LogP contribution in [0.2, 0.25) is 0 Å². The lowest BCUT2D eigenvalue weighted by Gasteiger charge is -2.08. The molecule has 86 valence electrons. The van der Waals surface area contributed by atoms with Gasteiger partial charge in [0.15, 0.2) is 0 Å². The Labute approximate surface area is 100 Å². The standard InChI is InChI=1S/C11H20BrN3/c1-3-10(12)4-7-13-8-5-11-6-9-14-15(11)2/h6,9-10,13H,3-5,7-8H2,1-2H3. The molecule has 0 saturated heterocycles. The first-order chi connectivity index (χ1) is 7.24. The molecule has 1 heterocycles.